The third-order valence-electron chi connectivity index (χ3n) is 3.78. The molecule has 1 aromatic rings. The first-order chi connectivity index (χ1) is 7.36. The van der Waals surface area contributed by atoms with Crippen LogP contribution in [0.1, 0.15) is 6.92 Å². The van der Waals surface area contributed by atoms with Crippen molar-refractivity contribution in [3.05, 3.63) is 18.6 Å². The number of rotatable bonds is 1. The molecular weight excluding hydrogens is 188 g/mol. The van der Waals surface area contributed by atoms with E-state index >= 15 is 0 Å². The van der Waals surface area contributed by atoms with E-state index in [1.54, 1.807) is 12.4 Å². The van der Waals surface area contributed by atoms with Crippen LogP contribution in [0.5, 0.6) is 0 Å². The van der Waals surface area contributed by atoms with Crippen LogP contribution in [0, 0.1) is 11.8 Å². The van der Waals surface area contributed by atoms with Gasteiger partial charge < -0.3 is 10.2 Å². The average molecular weight is 204 g/mol. The molecule has 1 aromatic heterocycles. The molecule has 3 heterocycles. The van der Waals surface area contributed by atoms with E-state index in [0.717, 1.165) is 37.3 Å². The minimum Gasteiger partial charge on any atom is -0.352 e. The topological polar surface area (TPSA) is 41.0 Å². The predicted octanol–water partition coefficient (Wildman–Crippen LogP) is 0.521. The van der Waals surface area contributed by atoms with Gasteiger partial charge in [0.05, 0.1) is 6.20 Å². The summed E-state index contributed by atoms with van der Waals surface area (Å²) in [6, 6.07) is 0.585. The Kier molecular flexibility index (Phi) is 2.09. The van der Waals surface area contributed by atoms with Crippen molar-refractivity contribution in [2.45, 2.75) is 13.0 Å². The average Bonchev–Trinajstić information content (AvgIpc) is 2.83. The Morgan fingerprint density at radius 2 is 2.33 bits per heavy atom. The maximum atomic E-state index is 4.38. The van der Waals surface area contributed by atoms with Crippen LogP contribution in [-0.2, 0) is 0 Å². The second kappa shape index (κ2) is 3.45. The Labute approximate surface area is 89.7 Å². The van der Waals surface area contributed by atoms with E-state index in [1.165, 1.54) is 0 Å². The summed E-state index contributed by atoms with van der Waals surface area (Å²) in [5.74, 6) is 2.61. The fourth-order valence-electron chi connectivity index (χ4n) is 2.91. The summed E-state index contributed by atoms with van der Waals surface area (Å²) in [4.78, 5) is 10.9. The van der Waals surface area contributed by atoms with Crippen LogP contribution >= 0.6 is 0 Å². The van der Waals surface area contributed by atoms with Gasteiger partial charge in [-0.1, -0.05) is 0 Å². The van der Waals surface area contributed by atoms with Crippen LogP contribution in [0.3, 0.4) is 0 Å². The first-order valence-electron chi connectivity index (χ1n) is 5.59. The van der Waals surface area contributed by atoms with E-state index in [1.807, 2.05) is 6.20 Å². The first-order valence-corrected chi connectivity index (χ1v) is 5.59. The van der Waals surface area contributed by atoms with E-state index in [2.05, 4.69) is 27.1 Å². The molecule has 0 saturated carbocycles. The predicted molar refractivity (Wildman–Crippen MR) is 58.7 cm³/mol. The summed E-state index contributed by atoms with van der Waals surface area (Å²) in [6.45, 7) is 5.73. The molecule has 15 heavy (non-hydrogen) atoms. The van der Waals surface area contributed by atoms with Crippen molar-refractivity contribution in [1.82, 2.24) is 15.3 Å². The fourth-order valence-corrected chi connectivity index (χ4v) is 2.91. The molecule has 3 atom stereocenters. The highest BCUT2D eigenvalue weighted by molar-refractivity contribution is 5.39. The molecule has 0 bridgehead atoms. The number of nitrogens with one attached hydrogen (secondary N) is 1. The van der Waals surface area contributed by atoms with Crippen molar-refractivity contribution in [3.63, 3.8) is 0 Å². The molecule has 2 fully saturated rings. The normalized spacial score (nSPS) is 34.5. The standard InChI is InChI=1S/C11H16N4/c1-8-10-5-13-4-9(10)7-15(8)11-6-12-2-3-14-11/h2-3,6,8-10,13H,4-5,7H2,1H3. The van der Waals surface area contributed by atoms with Crippen LogP contribution in [0.2, 0.25) is 0 Å². The minimum absolute atomic E-state index is 0.585. The molecule has 3 unspecified atom stereocenters. The van der Waals surface area contributed by atoms with Crippen molar-refractivity contribution in [3.8, 4) is 0 Å². The zero-order chi connectivity index (χ0) is 10.3. The van der Waals surface area contributed by atoms with E-state index in [4.69, 9.17) is 0 Å². The molecular formula is C11H16N4. The summed E-state index contributed by atoms with van der Waals surface area (Å²) >= 11 is 0. The summed E-state index contributed by atoms with van der Waals surface area (Å²) in [7, 11) is 0. The summed E-state index contributed by atoms with van der Waals surface area (Å²) < 4.78 is 0. The summed E-state index contributed by atoms with van der Waals surface area (Å²) in [6.07, 6.45) is 5.37. The molecule has 0 spiro atoms. The Hall–Kier alpha value is -1.16. The van der Waals surface area contributed by atoms with Gasteiger partial charge in [-0.15, -0.1) is 0 Å². The molecule has 2 aliphatic heterocycles. The molecule has 4 heteroatoms. The zero-order valence-electron chi connectivity index (χ0n) is 8.93. The Balaban J connectivity index is 1.85. The monoisotopic (exact) mass is 204 g/mol. The van der Waals surface area contributed by atoms with Gasteiger partial charge in [0.2, 0.25) is 0 Å². The maximum absolute atomic E-state index is 4.38. The van der Waals surface area contributed by atoms with Gasteiger partial charge in [-0.25, -0.2) is 4.98 Å². The zero-order valence-corrected chi connectivity index (χ0v) is 8.93. The molecule has 0 radical (unpaired) electrons. The molecule has 0 aliphatic carbocycles. The van der Waals surface area contributed by atoms with Crippen LogP contribution in [0.25, 0.3) is 0 Å². The van der Waals surface area contributed by atoms with Crippen LogP contribution in [0.15, 0.2) is 18.6 Å². The van der Waals surface area contributed by atoms with Gasteiger partial charge >= 0.3 is 0 Å². The largest absolute Gasteiger partial charge is 0.352 e. The Bertz CT molecular complexity index is 340. The SMILES string of the molecule is CC1C2CNCC2CN1c1cnccn1. The summed E-state index contributed by atoms with van der Waals surface area (Å²) in [5, 5.41) is 3.46. The van der Waals surface area contributed by atoms with Gasteiger partial charge in [0.15, 0.2) is 0 Å². The lowest BCUT2D eigenvalue weighted by Crippen LogP contribution is -2.33. The van der Waals surface area contributed by atoms with Crippen molar-refractivity contribution < 1.29 is 0 Å². The second-order valence-electron chi connectivity index (χ2n) is 4.54. The number of hydrogen-bond acceptors (Lipinski definition) is 4. The third-order valence-corrected chi connectivity index (χ3v) is 3.78. The smallest absolute Gasteiger partial charge is 0.147 e. The summed E-state index contributed by atoms with van der Waals surface area (Å²) in [5.41, 5.74) is 0. The third kappa shape index (κ3) is 1.40. The van der Waals surface area contributed by atoms with E-state index in [9.17, 15) is 0 Å². The molecule has 0 aromatic carbocycles. The molecule has 1 N–H and O–H groups in total. The number of aromatic nitrogens is 2. The number of hydrogen-bond donors (Lipinski definition) is 1. The van der Waals surface area contributed by atoms with Gasteiger partial charge in [-0.3, -0.25) is 4.98 Å². The highest BCUT2D eigenvalue weighted by Gasteiger charge is 2.42. The van der Waals surface area contributed by atoms with Gasteiger partial charge in [0.25, 0.3) is 0 Å². The molecule has 2 aliphatic rings. The first kappa shape index (κ1) is 9.09. The van der Waals surface area contributed by atoms with Gasteiger partial charge in [0.1, 0.15) is 5.82 Å². The number of fused-ring (bicyclic) bond motifs is 1. The van der Waals surface area contributed by atoms with Gasteiger partial charge in [0, 0.05) is 38.1 Å². The van der Waals surface area contributed by atoms with Crippen LogP contribution < -0.4 is 10.2 Å². The highest BCUT2D eigenvalue weighted by Crippen LogP contribution is 2.34. The van der Waals surface area contributed by atoms with Crippen molar-refractivity contribution in [2.75, 3.05) is 24.5 Å². The Morgan fingerprint density at radius 3 is 3.07 bits per heavy atom. The van der Waals surface area contributed by atoms with Crippen LogP contribution in [-0.4, -0.2) is 35.6 Å². The van der Waals surface area contributed by atoms with Gasteiger partial charge in [-0.2, -0.15) is 0 Å². The van der Waals surface area contributed by atoms with Gasteiger partial charge in [-0.05, 0) is 18.8 Å². The second-order valence-corrected chi connectivity index (χ2v) is 4.54. The minimum atomic E-state index is 0.585. The lowest BCUT2D eigenvalue weighted by Gasteiger charge is -2.24. The van der Waals surface area contributed by atoms with Crippen molar-refractivity contribution in [1.29, 1.82) is 0 Å². The lowest BCUT2D eigenvalue weighted by atomic mass is 9.95. The van der Waals surface area contributed by atoms with Crippen molar-refractivity contribution >= 4 is 5.82 Å². The molecule has 2 saturated heterocycles. The van der Waals surface area contributed by atoms with E-state index < -0.39 is 0 Å². The lowest BCUT2D eigenvalue weighted by molar-refractivity contribution is 0.471. The quantitative estimate of drug-likeness (QED) is 0.724. The van der Waals surface area contributed by atoms with E-state index in [-0.39, 0.29) is 0 Å². The molecule has 4 nitrogen and oxygen atoms in total. The molecule has 3 rings (SSSR count). The maximum Gasteiger partial charge on any atom is 0.147 e. The number of nitrogens with zero attached hydrogens (tertiary/aromatic N) is 3. The molecule has 0 amide bonds. The fraction of sp³-hybridized carbons (Fsp3) is 0.636. The van der Waals surface area contributed by atoms with Crippen molar-refractivity contribution in [2.24, 2.45) is 11.8 Å². The highest BCUT2D eigenvalue weighted by atomic mass is 15.3. The number of anilines is 1. The van der Waals surface area contributed by atoms with Crippen LogP contribution in [0.4, 0.5) is 5.82 Å². The Morgan fingerprint density at radius 1 is 1.40 bits per heavy atom. The molecule has 80 valence electrons. The van der Waals surface area contributed by atoms with E-state index in [0.29, 0.717) is 6.04 Å².